The Morgan fingerprint density at radius 1 is 1.07 bits per heavy atom. The van der Waals surface area contributed by atoms with Crippen molar-refractivity contribution in [2.75, 3.05) is 25.6 Å². The van der Waals surface area contributed by atoms with Gasteiger partial charge in [-0.05, 0) is 44.2 Å². The lowest BCUT2D eigenvalue weighted by Crippen LogP contribution is -2.16. The van der Waals surface area contributed by atoms with Crippen LogP contribution in [-0.2, 0) is 9.84 Å². The molecule has 158 valence electrons. The molecule has 1 aromatic heterocycles. The molecule has 0 spiro atoms. The standard InChI is InChI=1S/C21H22N2O6S/c1-13(2)22-20-21(23-19(29-20)14-5-4-6-15(11-14)26-3)30(24,25)16-7-8-17-18(12-16)28-10-9-27-17/h4-8,11-13,22H,9-10H2,1-3H3. The number of nitrogens with zero attached hydrogens (tertiary/aromatic N) is 1. The summed E-state index contributed by atoms with van der Waals surface area (Å²) < 4.78 is 48.9. The maximum atomic E-state index is 13.4. The lowest BCUT2D eigenvalue weighted by Gasteiger charge is -2.18. The second-order valence-corrected chi connectivity index (χ2v) is 8.86. The van der Waals surface area contributed by atoms with Crippen LogP contribution in [0, 0.1) is 0 Å². The Hall–Kier alpha value is -3.20. The molecule has 4 rings (SSSR count). The fraction of sp³-hybridized carbons (Fsp3) is 0.286. The van der Waals surface area contributed by atoms with Crippen molar-refractivity contribution in [3.8, 4) is 28.7 Å². The summed E-state index contributed by atoms with van der Waals surface area (Å²) in [5.74, 6) is 1.77. The number of methoxy groups -OCH3 is 1. The number of fused-ring (bicyclic) bond motifs is 1. The molecule has 0 fully saturated rings. The first-order valence-corrected chi connectivity index (χ1v) is 10.9. The van der Waals surface area contributed by atoms with Crippen LogP contribution < -0.4 is 19.5 Å². The highest BCUT2D eigenvalue weighted by Crippen LogP contribution is 2.37. The van der Waals surface area contributed by atoms with Gasteiger partial charge in [0.15, 0.2) is 11.5 Å². The van der Waals surface area contributed by atoms with Crippen molar-refractivity contribution < 1.29 is 27.0 Å². The van der Waals surface area contributed by atoms with Crippen LogP contribution in [0.2, 0.25) is 0 Å². The first kappa shape index (κ1) is 20.1. The van der Waals surface area contributed by atoms with E-state index in [2.05, 4.69) is 10.3 Å². The molecule has 0 amide bonds. The van der Waals surface area contributed by atoms with E-state index in [0.717, 1.165) is 0 Å². The minimum Gasteiger partial charge on any atom is -0.497 e. The van der Waals surface area contributed by atoms with Crippen molar-refractivity contribution in [2.24, 2.45) is 0 Å². The van der Waals surface area contributed by atoms with E-state index in [9.17, 15) is 8.42 Å². The first-order valence-electron chi connectivity index (χ1n) is 9.45. The van der Waals surface area contributed by atoms with Crippen LogP contribution >= 0.6 is 0 Å². The highest BCUT2D eigenvalue weighted by Gasteiger charge is 2.30. The van der Waals surface area contributed by atoms with E-state index < -0.39 is 9.84 Å². The fourth-order valence-electron chi connectivity index (χ4n) is 3.02. The molecule has 30 heavy (non-hydrogen) atoms. The maximum absolute atomic E-state index is 13.4. The average Bonchev–Trinajstić information content (AvgIpc) is 3.17. The Balaban J connectivity index is 1.80. The van der Waals surface area contributed by atoms with Gasteiger partial charge >= 0.3 is 0 Å². The number of anilines is 1. The molecule has 2 heterocycles. The topological polar surface area (TPSA) is 99.9 Å². The van der Waals surface area contributed by atoms with Gasteiger partial charge in [0.25, 0.3) is 0 Å². The second-order valence-electron chi connectivity index (χ2n) is 6.99. The highest BCUT2D eigenvalue weighted by molar-refractivity contribution is 7.91. The molecule has 3 aromatic rings. The molecular formula is C21H22N2O6S. The fourth-order valence-corrected chi connectivity index (χ4v) is 4.30. The maximum Gasteiger partial charge on any atom is 0.234 e. The van der Waals surface area contributed by atoms with E-state index in [1.807, 2.05) is 13.8 Å². The van der Waals surface area contributed by atoms with E-state index in [1.165, 1.54) is 12.1 Å². The predicted molar refractivity (Wildman–Crippen MR) is 110 cm³/mol. The van der Waals surface area contributed by atoms with Crippen molar-refractivity contribution in [1.29, 1.82) is 0 Å². The summed E-state index contributed by atoms with van der Waals surface area (Å²) in [7, 11) is -2.43. The molecule has 0 aliphatic carbocycles. The van der Waals surface area contributed by atoms with E-state index in [1.54, 1.807) is 37.4 Å². The van der Waals surface area contributed by atoms with E-state index >= 15 is 0 Å². The quantitative estimate of drug-likeness (QED) is 0.631. The van der Waals surface area contributed by atoms with Gasteiger partial charge in [-0.15, -0.1) is 0 Å². The minimum absolute atomic E-state index is 0.0454. The monoisotopic (exact) mass is 430 g/mol. The van der Waals surface area contributed by atoms with E-state index in [-0.39, 0.29) is 27.7 Å². The number of nitrogens with one attached hydrogen (secondary N) is 1. The number of benzene rings is 2. The molecule has 8 nitrogen and oxygen atoms in total. The van der Waals surface area contributed by atoms with Crippen molar-refractivity contribution in [3.63, 3.8) is 0 Å². The van der Waals surface area contributed by atoms with Gasteiger partial charge in [-0.2, -0.15) is 4.98 Å². The van der Waals surface area contributed by atoms with Gasteiger partial charge in [-0.25, -0.2) is 8.42 Å². The Morgan fingerprint density at radius 3 is 2.57 bits per heavy atom. The molecule has 1 aliphatic rings. The summed E-state index contributed by atoms with van der Waals surface area (Å²) in [6.45, 7) is 4.55. The van der Waals surface area contributed by atoms with Gasteiger partial charge in [-0.3, -0.25) is 0 Å². The average molecular weight is 430 g/mol. The zero-order chi connectivity index (χ0) is 21.3. The second kappa shape index (κ2) is 7.91. The zero-order valence-electron chi connectivity index (χ0n) is 16.8. The van der Waals surface area contributed by atoms with E-state index in [4.69, 9.17) is 18.6 Å². The van der Waals surface area contributed by atoms with Crippen molar-refractivity contribution in [2.45, 2.75) is 29.8 Å². The van der Waals surface area contributed by atoms with Gasteiger partial charge in [-0.1, -0.05) is 6.07 Å². The van der Waals surface area contributed by atoms with Crippen LogP contribution in [0.3, 0.4) is 0 Å². The van der Waals surface area contributed by atoms with Gasteiger partial charge in [0.05, 0.1) is 12.0 Å². The lowest BCUT2D eigenvalue weighted by molar-refractivity contribution is 0.171. The normalized spacial score (nSPS) is 13.3. The SMILES string of the molecule is COc1cccc(-c2nc(S(=O)(=O)c3ccc4c(c3)OCCO4)c(NC(C)C)o2)c1. The van der Waals surface area contributed by atoms with Crippen LogP contribution in [-0.4, -0.2) is 39.8 Å². The van der Waals surface area contributed by atoms with Crippen LogP contribution in [0.5, 0.6) is 17.2 Å². The Bertz CT molecular complexity index is 1170. The summed E-state index contributed by atoms with van der Waals surface area (Å²) in [6.07, 6.45) is 0. The summed E-state index contributed by atoms with van der Waals surface area (Å²) in [5, 5.41) is 2.85. The molecule has 2 aromatic carbocycles. The molecule has 0 unspecified atom stereocenters. The van der Waals surface area contributed by atoms with Crippen LogP contribution in [0.25, 0.3) is 11.5 Å². The number of ether oxygens (including phenoxy) is 3. The largest absolute Gasteiger partial charge is 0.497 e. The number of rotatable bonds is 6. The van der Waals surface area contributed by atoms with Crippen LogP contribution in [0.15, 0.2) is 56.8 Å². The summed E-state index contributed by atoms with van der Waals surface area (Å²) in [4.78, 5) is 4.37. The third kappa shape index (κ3) is 3.80. The van der Waals surface area contributed by atoms with Gasteiger partial charge in [0.1, 0.15) is 19.0 Å². The summed E-state index contributed by atoms with van der Waals surface area (Å²) >= 11 is 0. The van der Waals surface area contributed by atoms with Crippen LogP contribution in [0.4, 0.5) is 5.88 Å². The minimum atomic E-state index is -3.99. The molecular weight excluding hydrogens is 408 g/mol. The third-order valence-electron chi connectivity index (χ3n) is 4.41. The molecule has 1 N–H and O–H groups in total. The number of oxazole rings is 1. The number of aromatic nitrogens is 1. The van der Waals surface area contributed by atoms with Crippen molar-refractivity contribution in [1.82, 2.24) is 4.98 Å². The molecule has 0 bridgehead atoms. The Morgan fingerprint density at radius 2 is 1.83 bits per heavy atom. The number of hydrogen-bond donors (Lipinski definition) is 1. The molecule has 0 atom stereocenters. The Kier molecular flexibility index (Phi) is 5.29. The predicted octanol–water partition coefficient (Wildman–Crippen LogP) is 3.77. The summed E-state index contributed by atoms with van der Waals surface area (Å²) in [5.41, 5.74) is 0.602. The molecule has 0 saturated heterocycles. The number of sulfone groups is 1. The molecule has 9 heteroatoms. The molecule has 0 saturated carbocycles. The zero-order valence-corrected chi connectivity index (χ0v) is 17.7. The molecule has 1 aliphatic heterocycles. The first-order chi connectivity index (χ1) is 14.4. The lowest BCUT2D eigenvalue weighted by atomic mass is 10.2. The van der Waals surface area contributed by atoms with Crippen molar-refractivity contribution >= 4 is 15.7 Å². The third-order valence-corrected chi connectivity index (χ3v) is 6.07. The van der Waals surface area contributed by atoms with Crippen LogP contribution in [0.1, 0.15) is 13.8 Å². The molecule has 0 radical (unpaired) electrons. The van der Waals surface area contributed by atoms with E-state index in [0.29, 0.717) is 36.0 Å². The Labute approximate surface area is 174 Å². The van der Waals surface area contributed by atoms with Gasteiger partial charge < -0.3 is 23.9 Å². The highest BCUT2D eigenvalue weighted by atomic mass is 32.2. The van der Waals surface area contributed by atoms with Gasteiger partial charge in [0.2, 0.25) is 26.6 Å². The van der Waals surface area contributed by atoms with Gasteiger partial charge in [0, 0.05) is 17.7 Å². The summed E-state index contributed by atoms with van der Waals surface area (Å²) in [6, 6.07) is 11.5. The number of hydrogen-bond acceptors (Lipinski definition) is 8. The van der Waals surface area contributed by atoms with Crippen molar-refractivity contribution in [3.05, 3.63) is 42.5 Å². The smallest absolute Gasteiger partial charge is 0.234 e.